The second-order valence-corrected chi connectivity index (χ2v) is 17.7. The lowest BCUT2D eigenvalue weighted by atomic mass is 9.69. The molecule has 0 aliphatic carbocycles. The van der Waals surface area contributed by atoms with Gasteiger partial charge in [-0.3, -0.25) is 4.99 Å². The third kappa shape index (κ3) is 6.29. The molecule has 4 aromatic rings. The van der Waals surface area contributed by atoms with Gasteiger partial charge < -0.3 is 5.11 Å². The molecule has 236 valence electrons. The third-order valence-electron chi connectivity index (χ3n) is 9.49. The Bertz CT molecular complexity index is 1650. The van der Waals surface area contributed by atoms with E-state index in [9.17, 15) is 5.11 Å². The predicted molar refractivity (Wildman–Crippen MR) is 197 cm³/mol. The molecule has 4 aromatic carbocycles. The summed E-state index contributed by atoms with van der Waals surface area (Å²) in [4.78, 5) is 5.92. The minimum Gasteiger partial charge on any atom is -0.507 e. The fraction of sp³-hybridized carbons (Fsp3) is 0.405. The van der Waals surface area contributed by atoms with Crippen LogP contribution in [0.3, 0.4) is 0 Å². The average Bonchev–Trinajstić information content (AvgIpc) is 3.36. The zero-order valence-corrected chi connectivity index (χ0v) is 30.0. The summed E-state index contributed by atoms with van der Waals surface area (Å²) in [6.45, 7) is 22.6. The Labute approximate surface area is 273 Å². The molecule has 0 bridgehead atoms. The number of aromatic hydroxyl groups is 1. The van der Waals surface area contributed by atoms with Crippen molar-refractivity contribution in [2.45, 2.75) is 104 Å². The molecule has 1 aliphatic heterocycles. The molecular weight excluding hydrogens is 565 g/mol. The molecule has 2 nitrogen and oxygen atoms in total. The van der Waals surface area contributed by atoms with Crippen molar-refractivity contribution < 1.29 is 5.11 Å². The molecule has 1 heterocycles. The van der Waals surface area contributed by atoms with Gasteiger partial charge in [-0.25, -0.2) is 0 Å². The van der Waals surface area contributed by atoms with Gasteiger partial charge >= 0.3 is 0 Å². The number of rotatable bonds is 6. The molecule has 0 amide bonds. The Morgan fingerprint density at radius 1 is 0.711 bits per heavy atom. The van der Waals surface area contributed by atoms with Gasteiger partial charge in [0.25, 0.3) is 0 Å². The minimum absolute atomic E-state index is 0.0878. The largest absolute Gasteiger partial charge is 0.507 e. The summed E-state index contributed by atoms with van der Waals surface area (Å²) >= 11 is 0. The number of hydrogen-bond acceptors (Lipinski definition) is 2. The highest BCUT2D eigenvalue weighted by molar-refractivity contribution is 7.82. The van der Waals surface area contributed by atoms with Gasteiger partial charge in [0.2, 0.25) is 0 Å². The van der Waals surface area contributed by atoms with E-state index in [0.29, 0.717) is 17.6 Å². The zero-order valence-electron chi connectivity index (χ0n) is 29.1. The van der Waals surface area contributed by atoms with Crippen molar-refractivity contribution in [2.75, 3.05) is 6.16 Å². The molecule has 3 heteroatoms. The molecule has 0 aromatic heterocycles. The molecule has 2 unspecified atom stereocenters. The minimum atomic E-state index is -0.775. The Kier molecular flexibility index (Phi) is 9.23. The van der Waals surface area contributed by atoms with Crippen molar-refractivity contribution in [3.63, 3.8) is 0 Å². The van der Waals surface area contributed by atoms with E-state index in [4.69, 9.17) is 4.99 Å². The van der Waals surface area contributed by atoms with Crippen LogP contribution in [-0.4, -0.2) is 16.7 Å². The van der Waals surface area contributed by atoms with Crippen molar-refractivity contribution >= 4 is 24.4 Å². The van der Waals surface area contributed by atoms with Crippen LogP contribution in [0.4, 0.5) is 5.69 Å². The summed E-state index contributed by atoms with van der Waals surface area (Å²) in [5.74, 6) is 1.09. The van der Waals surface area contributed by atoms with E-state index in [1.165, 1.54) is 33.0 Å². The highest BCUT2D eigenvalue weighted by Gasteiger charge is 2.51. The van der Waals surface area contributed by atoms with E-state index in [2.05, 4.69) is 160 Å². The summed E-state index contributed by atoms with van der Waals surface area (Å²) in [7, 11) is -0.775. The molecule has 5 rings (SSSR count). The van der Waals surface area contributed by atoms with E-state index in [1.807, 2.05) is 0 Å². The van der Waals surface area contributed by atoms with Gasteiger partial charge in [-0.1, -0.05) is 160 Å². The van der Waals surface area contributed by atoms with E-state index < -0.39 is 13.3 Å². The number of nitrogens with zero attached hydrogens (tertiary/aromatic N) is 1. The third-order valence-corrected chi connectivity index (χ3v) is 12.1. The number of aliphatic imine (C=N–C) groups is 1. The Morgan fingerprint density at radius 2 is 1.27 bits per heavy atom. The maximum atomic E-state index is 12.5. The van der Waals surface area contributed by atoms with Gasteiger partial charge in [0, 0.05) is 5.56 Å². The van der Waals surface area contributed by atoms with Crippen molar-refractivity contribution in [1.29, 1.82) is 0 Å². The molecule has 0 radical (unpaired) electrons. The second kappa shape index (κ2) is 12.5. The van der Waals surface area contributed by atoms with E-state index in [1.54, 1.807) is 0 Å². The van der Waals surface area contributed by atoms with Gasteiger partial charge in [0.05, 0.1) is 16.6 Å². The van der Waals surface area contributed by atoms with E-state index in [0.717, 1.165) is 29.4 Å². The van der Waals surface area contributed by atoms with Gasteiger partial charge in [-0.15, -0.1) is 0 Å². The van der Waals surface area contributed by atoms with Gasteiger partial charge in [-0.05, 0) is 76.3 Å². The first-order valence-corrected chi connectivity index (χ1v) is 18.2. The predicted octanol–water partition coefficient (Wildman–Crippen LogP) is 11.5. The first kappa shape index (κ1) is 33.2. The molecular formula is C42H52NOP. The monoisotopic (exact) mass is 617 g/mol. The van der Waals surface area contributed by atoms with E-state index in [-0.39, 0.29) is 10.8 Å². The second-order valence-electron chi connectivity index (χ2n) is 15.5. The number of phenols is 1. The lowest BCUT2D eigenvalue weighted by Gasteiger charge is -2.37. The molecule has 2 atom stereocenters. The van der Waals surface area contributed by atoms with Crippen LogP contribution in [0.2, 0.25) is 0 Å². The Balaban J connectivity index is 1.97. The van der Waals surface area contributed by atoms with Crippen molar-refractivity contribution in [3.8, 4) is 5.75 Å². The Morgan fingerprint density at radius 3 is 1.78 bits per heavy atom. The maximum Gasteiger partial charge on any atom is 0.123 e. The van der Waals surface area contributed by atoms with Gasteiger partial charge in [0.1, 0.15) is 5.75 Å². The zero-order chi connectivity index (χ0) is 32.7. The topological polar surface area (TPSA) is 32.6 Å². The number of para-hydroxylation sites is 1. The number of benzene rings is 4. The van der Waals surface area contributed by atoms with Crippen molar-refractivity contribution in [3.05, 3.63) is 124 Å². The molecule has 0 spiro atoms. The first-order valence-electron chi connectivity index (χ1n) is 16.6. The maximum absolute atomic E-state index is 12.5. The molecule has 45 heavy (non-hydrogen) atoms. The molecule has 1 aliphatic rings. The number of hydrogen-bond donors (Lipinski definition) is 1. The summed E-state index contributed by atoms with van der Waals surface area (Å²) in [6.07, 6.45) is 1.90. The smallest absolute Gasteiger partial charge is 0.123 e. The van der Waals surface area contributed by atoms with Crippen molar-refractivity contribution in [1.82, 2.24) is 0 Å². The lowest BCUT2D eigenvalue weighted by molar-refractivity contribution is 0.430. The molecule has 1 saturated heterocycles. The molecule has 1 fully saturated rings. The van der Waals surface area contributed by atoms with Crippen LogP contribution in [0.1, 0.15) is 121 Å². The molecule has 0 saturated carbocycles. The first-order chi connectivity index (χ1) is 21.2. The SMILES string of the molecule is CC(C)c1cccc(C(C)C)c1N=C1P(c2ccccc2)CCC1(c1ccccc1)c1cc(C(C)(C)C)cc(C(C)(C)C)c1O. The van der Waals surface area contributed by atoms with Gasteiger partial charge in [0.15, 0.2) is 0 Å². The fourth-order valence-corrected chi connectivity index (χ4v) is 9.71. The highest BCUT2D eigenvalue weighted by Crippen LogP contribution is 2.61. The number of phenolic OH excluding ortho intramolecular Hbond substituents is 1. The average molecular weight is 618 g/mol. The van der Waals surface area contributed by atoms with E-state index >= 15 is 0 Å². The summed E-state index contributed by atoms with van der Waals surface area (Å²) in [5, 5.41) is 13.8. The summed E-state index contributed by atoms with van der Waals surface area (Å²) < 4.78 is 0. The van der Waals surface area contributed by atoms with Crippen LogP contribution < -0.4 is 5.30 Å². The normalized spacial score (nSPS) is 20.0. The highest BCUT2D eigenvalue weighted by atomic mass is 31.1. The quantitative estimate of drug-likeness (QED) is 0.215. The van der Waals surface area contributed by atoms with Crippen LogP contribution in [0.5, 0.6) is 5.75 Å². The lowest BCUT2D eigenvalue weighted by Crippen LogP contribution is -2.34. The van der Waals surface area contributed by atoms with Crippen LogP contribution >= 0.6 is 7.92 Å². The van der Waals surface area contributed by atoms with Crippen LogP contribution in [0, 0.1) is 0 Å². The Hall–Kier alpha value is -3.22. The van der Waals surface area contributed by atoms with Crippen molar-refractivity contribution in [2.24, 2.45) is 4.99 Å². The molecule has 1 N–H and O–H groups in total. The van der Waals surface area contributed by atoms with Crippen LogP contribution in [0.15, 0.2) is 96.0 Å². The summed E-state index contributed by atoms with van der Waals surface area (Å²) in [5.41, 5.74) is 8.45. The standard InChI is InChI=1S/C42H52NOP/c1-28(2)33-22-17-23-34(29(3)4)37(33)43-39-42(30-18-13-11-14-19-30,24-25-45(39)32-20-15-12-16-21-32)36-27-31(40(5,6)7)26-35(38(36)44)41(8,9)10/h11-23,26-29,44H,24-25H2,1-10H3. The summed E-state index contributed by atoms with van der Waals surface area (Å²) in [6, 6.07) is 33.2. The fourth-order valence-electron chi connectivity index (χ4n) is 6.86. The van der Waals surface area contributed by atoms with Crippen LogP contribution in [0.25, 0.3) is 0 Å². The van der Waals surface area contributed by atoms with Crippen LogP contribution in [-0.2, 0) is 16.2 Å². The van der Waals surface area contributed by atoms with Gasteiger partial charge in [-0.2, -0.15) is 0 Å².